The molecular weight excluding hydrogens is 386 g/mol. The molecule has 1 saturated heterocycles. The predicted octanol–water partition coefficient (Wildman–Crippen LogP) is 3.39. The van der Waals surface area contributed by atoms with Crippen molar-refractivity contribution in [1.29, 1.82) is 0 Å². The number of nitro benzene ring substituents is 1. The summed E-state index contributed by atoms with van der Waals surface area (Å²) in [6.07, 6.45) is 7.78. The molecule has 150 valence electrons. The summed E-state index contributed by atoms with van der Waals surface area (Å²) in [6, 6.07) is 9.43. The van der Waals surface area contributed by atoms with Gasteiger partial charge in [0.25, 0.3) is 17.5 Å². The molecule has 0 radical (unpaired) electrons. The van der Waals surface area contributed by atoms with Crippen LogP contribution in [0.15, 0.2) is 58.1 Å². The third-order valence-corrected chi connectivity index (χ3v) is 7.10. The molecule has 0 unspecified atom stereocenters. The molecule has 8 nitrogen and oxygen atoms in total. The van der Waals surface area contributed by atoms with Gasteiger partial charge < -0.3 is 4.42 Å². The Balaban J connectivity index is 1.23. The molecule has 4 atom stereocenters. The lowest BCUT2D eigenvalue weighted by molar-refractivity contribution is -0.384. The van der Waals surface area contributed by atoms with E-state index in [0.29, 0.717) is 17.1 Å². The van der Waals surface area contributed by atoms with Crippen molar-refractivity contribution in [3.8, 4) is 11.3 Å². The number of imide groups is 1. The van der Waals surface area contributed by atoms with Crippen LogP contribution in [0.5, 0.6) is 0 Å². The third-order valence-electron chi connectivity index (χ3n) is 7.10. The smallest absolute Gasteiger partial charge is 0.270 e. The molecule has 0 N–H and O–H groups in total. The van der Waals surface area contributed by atoms with Gasteiger partial charge in [-0.25, -0.2) is 0 Å². The molecule has 4 aliphatic rings. The fourth-order valence-corrected chi connectivity index (χ4v) is 5.64. The maximum absolute atomic E-state index is 12.9. The number of benzene rings is 1. The molecule has 2 heterocycles. The summed E-state index contributed by atoms with van der Waals surface area (Å²) >= 11 is 0. The Morgan fingerprint density at radius 1 is 1.10 bits per heavy atom. The molecule has 2 saturated carbocycles. The summed E-state index contributed by atoms with van der Waals surface area (Å²) < 4.78 is 5.69. The highest BCUT2D eigenvalue weighted by atomic mass is 16.6. The number of amides is 2. The minimum absolute atomic E-state index is 0.0319. The van der Waals surface area contributed by atoms with Crippen LogP contribution in [0, 0.1) is 39.2 Å². The summed E-state index contributed by atoms with van der Waals surface area (Å²) in [5.41, 5.74) is 0.685. The van der Waals surface area contributed by atoms with Crippen LogP contribution in [0.4, 0.5) is 5.69 Å². The fourth-order valence-electron chi connectivity index (χ4n) is 5.64. The van der Waals surface area contributed by atoms with Gasteiger partial charge >= 0.3 is 0 Å². The van der Waals surface area contributed by atoms with Crippen molar-refractivity contribution in [1.82, 2.24) is 5.01 Å². The average molecular weight is 403 g/mol. The number of furan rings is 1. The van der Waals surface area contributed by atoms with E-state index in [9.17, 15) is 19.7 Å². The first-order valence-electron chi connectivity index (χ1n) is 9.94. The molecule has 2 bridgehead atoms. The Morgan fingerprint density at radius 2 is 1.80 bits per heavy atom. The van der Waals surface area contributed by atoms with Gasteiger partial charge in [0.2, 0.25) is 0 Å². The van der Waals surface area contributed by atoms with E-state index in [0.717, 1.165) is 17.9 Å². The zero-order valence-electron chi connectivity index (χ0n) is 15.8. The fraction of sp³-hybridized carbons (Fsp3) is 0.318. The third kappa shape index (κ3) is 2.18. The predicted molar refractivity (Wildman–Crippen MR) is 105 cm³/mol. The number of hydrogen-bond acceptors (Lipinski definition) is 6. The van der Waals surface area contributed by atoms with Crippen molar-refractivity contribution in [2.45, 2.75) is 12.8 Å². The number of non-ortho nitro benzene ring substituents is 1. The average Bonchev–Trinajstić information content (AvgIpc) is 3.03. The molecule has 2 aromatic rings. The zero-order valence-corrected chi connectivity index (χ0v) is 15.8. The number of carbonyl (C=O) groups excluding carboxylic acids is 2. The van der Waals surface area contributed by atoms with Crippen LogP contribution in [0.25, 0.3) is 11.3 Å². The molecule has 3 fully saturated rings. The Labute approximate surface area is 171 Å². The Bertz CT molecular complexity index is 1140. The highest BCUT2D eigenvalue weighted by molar-refractivity contribution is 6.07. The summed E-state index contributed by atoms with van der Waals surface area (Å²) in [4.78, 5) is 36.3. The number of allylic oxidation sites excluding steroid dienone is 2. The Kier molecular flexibility index (Phi) is 3.32. The van der Waals surface area contributed by atoms with Gasteiger partial charge in [0.15, 0.2) is 0 Å². The lowest BCUT2D eigenvalue weighted by Crippen LogP contribution is -2.30. The lowest BCUT2D eigenvalue weighted by Gasteiger charge is -2.18. The van der Waals surface area contributed by atoms with E-state index in [4.69, 9.17) is 4.42 Å². The van der Waals surface area contributed by atoms with Crippen molar-refractivity contribution in [3.63, 3.8) is 0 Å². The van der Waals surface area contributed by atoms with Crippen LogP contribution in [0.2, 0.25) is 0 Å². The molecule has 1 aliphatic heterocycles. The molecule has 1 aromatic heterocycles. The van der Waals surface area contributed by atoms with Crippen molar-refractivity contribution in [3.05, 3.63) is 64.4 Å². The van der Waals surface area contributed by atoms with E-state index in [1.165, 1.54) is 18.3 Å². The molecule has 8 heteroatoms. The Hall–Kier alpha value is -3.55. The first kappa shape index (κ1) is 17.3. The van der Waals surface area contributed by atoms with Crippen molar-refractivity contribution < 1.29 is 18.9 Å². The first-order chi connectivity index (χ1) is 14.5. The van der Waals surface area contributed by atoms with Gasteiger partial charge in [-0.15, -0.1) is 0 Å². The van der Waals surface area contributed by atoms with Crippen molar-refractivity contribution in [2.24, 2.45) is 34.2 Å². The molecule has 1 aromatic carbocycles. The van der Waals surface area contributed by atoms with Gasteiger partial charge in [0.05, 0.1) is 23.0 Å². The van der Waals surface area contributed by atoms with E-state index >= 15 is 0 Å². The van der Waals surface area contributed by atoms with E-state index in [1.54, 1.807) is 24.3 Å². The topological polar surface area (TPSA) is 106 Å². The number of hydrogen-bond donors (Lipinski definition) is 0. The van der Waals surface area contributed by atoms with Crippen molar-refractivity contribution in [2.75, 3.05) is 0 Å². The number of nitro groups is 1. The molecule has 2 amide bonds. The summed E-state index contributed by atoms with van der Waals surface area (Å²) in [7, 11) is 0. The summed E-state index contributed by atoms with van der Waals surface area (Å²) in [5, 5.41) is 16.1. The maximum Gasteiger partial charge on any atom is 0.270 e. The van der Waals surface area contributed by atoms with Gasteiger partial charge in [0, 0.05) is 17.7 Å². The minimum atomic E-state index is -0.468. The second kappa shape index (κ2) is 5.75. The quantitative estimate of drug-likeness (QED) is 0.256. The molecule has 30 heavy (non-hydrogen) atoms. The normalized spacial score (nSPS) is 30.1. The monoisotopic (exact) mass is 403 g/mol. The number of fused-ring (bicyclic) bond motifs is 3. The number of carbonyl (C=O) groups is 2. The largest absolute Gasteiger partial charge is 0.455 e. The van der Waals surface area contributed by atoms with Gasteiger partial charge in [-0.1, -0.05) is 24.3 Å². The van der Waals surface area contributed by atoms with E-state index < -0.39 is 4.92 Å². The van der Waals surface area contributed by atoms with Crippen LogP contribution < -0.4 is 0 Å². The summed E-state index contributed by atoms with van der Waals surface area (Å²) in [5.74, 6) is 0.0856. The van der Waals surface area contributed by atoms with E-state index in [1.807, 2.05) is 0 Å². The van der Waals surface area contributed by atoms with Gasteiger partial charge in [-0.05, 0) is 42.2 Å². The van der Waals surface area contributed by atoms with Crippen LogP contribution in [-0.2, 0) is 9.59 Å². The maximum atomic E-state index is 12.9. The van der Waals surface area contributed by atoms with Gasteiger partial charge in [0.1, 0.15) is 11.5 Å². The number of hydrazone groups is 1. The van der Waals surface area contributed by atoms with Crippen molar-refractivity contribution >= 4 is 23.7 Å². The SMILES string of the molecule is O=C1[C@@H]2[C@H](C(=O)N1/N=C\c1ccc(-c3cccc([N+](=O)[O-])c3)o1)[C@@H]1C=C[C@H]2C12CC2. The van der Waals surface area contributed by atoms with Crippen LogP contribution >= 0.6 is 0 Å². The van der Waals surface area contributed by atoms with Crippen LogP contribution in [0.3, 0.4) is 0 Å². The molecule has 3 aliphatic carbocycles. The number of nitrogens with zero attached hydrogens (tertiary/aromatic N) is 3. The first-order valence-corrected chi connectivity index (χ1v) is 9.94. The summed E-state index contributed by atoms with van der Waals surface area (Å²) in [6.45, 7) is 0. The second-order valence-electron chi connectivity index (χ2n) is 8.46. The minimum Gasteiger partial charge on any atom is -0.455 e. The standard InChI is InChI=1S/C22H17N3O5/c26-20-18-15-5-6-16(22(15)8-9-22)19(18)21(27)24(20)23-11-14-4-7-17(30-14)12-2-1-3-13(10-12)25(28)29/h1-7,10-11,15-16,18-19H,8-9H2/b23-11-/t15-,16+,18+,19-. The zero-order chi connectivity index (χ0) is 20.6. The lowest BCUT2D eigenvalue weighted by atomic mass is 9.85. The second-order valence-corrected chi connectivity index (χ2v) is 8.46. The van der Waals surface area contributed by atoms with Gasteiger partial charge in [-0.3, -0.25) is 19.7 Å². The van der Waals surface area contributed by atoms with Crippen LogP contribution in [-0.4, -0.2) is 28.0 Å². The Morgan fingerprint density at radius 3 is 2.43 bits per heavy atom. The van der Waals surface area contributed by atoms with Gasteiger partial charge in [-0.2, -0.15) is 10.1 Å². The van der Waals surface area contributed by atoms with Crippen LogP contribution in [0.1, 0.15) is 18.6 Å². The van der Waals surface area contributed by atoms with E-state index in [-0.39, 0.29) is 46.6 Å². The molecule has 6 rings (SSSR count). The number of rotatable bonds is 4. The highest BCUT2D eigenvalue weighted by Crippen LogP contribution is 2.73. The molecule has 1 spiro atoms. The highest BCUT2D eigenvalue weighted by Gasteiger charge is 2.73. The molecular formula is C22H17N3O5. The van der Waals surface area contributed by atoms with E-state index in [2.05, 4.69) is 17.3 Å².